The summed E-state index contributed by atoms with van der Waals surface area (Å²) in [6, 6.07) is 2.23. The third-order valence-corrected chi connectivity index (χ3v) is 3.07. The Kier molecular flexibility index (Phi) is 2.65. The molecule has 5 heteroatoms. The van der Waals surface area contributed by atoms with E-state index in [1.54, 1.807) is 17.9 Å². The molecule has 0 atom stereocenters. The van der Waals surface area contributed by atoms with Crippen molar-refractivity contribution in [3.63, 3.8) is 0 Å². The molecule has 1 aromatic heterocycles. The Hall–Kier alpha value is -1.83. The zero-order valence-electron chi connectivity index (χ0n) is 9.23. The highest BCUT2D eigenvalue weighted by Crippen LogP contribution is 2.29. The van der Waals surface area contributed by atoms with E-state index >= 15 is 0 Å². The fourth-order valence-electron chi connectivity index (χ4n) is 2.10. The molecule has 2 rings (SSSR count). The number of amides is 1. The van der Waals surface area contributed by atoms with Crippen molar-refractivity contribution in [2.45, 2.75) is 31.2 Å². The summed E-state index contributed by atoms with van der Waals surface area (Å²) in [5.74, 6) is -0.219. The first-order valence-corrected chi connectivity index (χ1v) is 5.37. The maximum atomic E-state index is 11.9. The zero-order valence-corrected chi connectivity index (χ0v) is 9.23. The molecule has 84 valence electrons. The van der Waals surface area contributed by atoms with Gasteiger partial charge in [-0.25, -0.2) is 4.98 Å². The highest BCUT2D eigenvalue weighted by Gasteiger charge is 2.35. The molecule has 1 saturated carbocycles. The average Bonchev–Trinajstić information content (AvgIpc) is 2.87. The predicted molar refractivity (Wildman–Crippen MR) is 57.5 cm³/mol. The van der Waals surface area contributed by atoms with Gasteiger partial charge in [0.15, 0.2) is 0 Å². The predicted octanol–water partition coefficient (Wildman–Crippen LogP) is 0.986. The Balaban J connectivity index is 2.13. The molecule has 0 radical (unpaired) electrons. The van der Waals surface area contributed by atoms with E-state index in [0.29, 0.717) is 5.69 Å². The molecule has 0 saturated heterocycles. The molecular formula is C11H14N4O. The Labute approximate surface area is 94.1 Å². The second-order valence-electron chi connectivity index (χ2n) is 4.24. The van der Waals surface area contributed by atoms with Crippen LogP contribution in [0.5, 0.6) is 0 Å². The minimum atomic E-state index is -0.665. The van der Waals surface area contributed by atoms with Crippen molar-refractivity contribution in [2.75, 3.05) is 0 Å². The van der Waals surface area contributed by atoms with Crippen molar-refractivity contribution in [3.05, 3.63) is 18.2 Å². The molecule has 1 aromatic rings. The second kappa shape index (κ2) is 3.97. The lowest BCUT2D eigenvalue weighted by molar-refractivity contribution is 0.0912. The van der Waals surface area contributed by atoms with E-state index in [9.17, 15) is 4.79 Å². The van der Waals surface area contributed by atoms with Crippen LogP contribution in [0.2, 0.25) is 0 Å². The maximum Gasteiger partial charge on any atom is 0.270 e. The lowest BCUT2D eigenvalue weighted by Crippen LogP contribution is -2.45. The van der Waals surface area contributed by atoms with Gasteiger partial charge in [0, 0.05) is 7.05 Å². The number of hydrogen-bond acceptors (Lipinski definition) is 3. The van der Waals surface area contributed by atoms with Crippen molar-refractivity contribution >= 4 is 5.91 Å². The molecule has 16 heavy (non-hydrogen) atoms. The summed E-state index contributed by atoms with van der Waals surface area (Å²) < 4.78 is 1.65. The molecule has 0 aromatic carbocycles. The summed E-state index contributed by atoms with van der Waals surface area (Å²) in [6.45, 7) is 0. The van der Waals surface area contributed by atoms with Crippen LogP contribution in [0.15, 0.2) is 12.5 Å². The summed E-state index contributed by atoms with van der Waals surface area (Å²) in [7, 11) is 1.76. The van der Waals surface area contributed by atoms with Crippen LogP contribution in [0.3, 0.4) is 0 Å². The van der Waals surface area contributed by atoms with Gasteiger partial charge in [0.1, 0.15) is 11.2 Å². The zero-order chi connectivity index (χ0) is 11.6. The highest BCUT2D eigenvalue weighted by atomic mass is 16.2. The van der Waals surface area contributed by atoms with Crippen LogP contribution in [-0.2, 0) is 7.05 Å². The van der Waals surface area contributed by atoms with Crippen LogP contribution < -0.4 is 5.32 Å². The number of imidazole rings is 1. The summed E-state index contributed by atoms with van der Waals surface area (Å²) >= 11 is 0. The Bertz CT molecular complexity index is 437. The van der Waals surface area contributed by atoms with Gasteiger partial charge in [-0.2, -0.15) is 5.26 Å². The van der Waals surface area contributed by atoms with E-state index in [2.05, 4.69) is 16.4 Å². The smallest absolute Gasteiger partial charge is 0.270 e. The largest absolute Gasteiger partial charge is 0.332 e. The fraction of sp³-hybridized carbons (Fsp3) is 0.545. The summed E-state index contributed by atoms with van der Waals surface area (Å²) in [4.78, 5) is 15.8. The Morgan fingerprint density at radius 2 is 2.31 bits per heavy atom. The van der Waals surface area contributed by atoms with E-state index in [4.69, 9.17) is 5.26 Å². The number of carbonyl (C=O) groups is 1. The molecule has 0 unspecified atom stereocenters. The van der Waals surface area contributed by atoms with E-state index in [1.165, 1.54) is 6.20 Å². The molecular weight excluding hydrogens is 204 g/mol. The first kappa shape index (κ1) is 10.7. The van der Waals surface area contributed by atoms with Gasteiger partial charge in [0.05, 0.1) is 18.6 Å². The molecule has 1 amide bonds. The molecule has 0 aliphatic heterocycles. The van der Waals surface area contributed by atoms with Gasteiger partial charge in [-0.05, 0) is 25.7 Å². The summed E-state index contributed by atoms with van der Waals surface area (Å²) in [6.07, 6.45) is 6.57. The molecule has 1 N–H and O–H groups in total. The quantitative estimate of drug-likeness (QED) is 0.804. The Morgan fingerprint density at radius 1 is 1.62 bits per heavy atom. The molecule has 0 bridgehead atoms. The second-order valence-corrected chi connectivity index (χ2v) is 4.24. The number of rotatable bonds is 2. The first-order valence-electron chi connectivity index (χ1n) is 5.37. The van der Waals surface area contributed by atoms with Crippen LogP contribution in [0, 0.1) is 11.3 Å². The van der Waals surface area contributed by atoms with Gasteiger partial charge in [-0.15, -0.1) is 0 Å². The molecule has 0 spiro atoms. The van der Waals surface area contributed by atoms with E-state index in [1.807, 2.05) is 0 Å². The van der Waals surface area contributed by atoms with Crippen molar-refractivity contribution in [3.8, 4) is 6.07 Å². The number of aromatic nitrogens is 2. The van der Waals surface area contributed by atoms with Crippen molar-refractivity contribution < 1.29 is 4.79 Å². The molecule has 1 fully saturated rings. The topological polar surface area (TPSA) is 70.7 Å². The van der Waals surface area contributed by atoms with Crippen LogP contribution in [-0.4, -0.2) is 21.0 Å². The number of aryl methyl sites for hydroxylation is 1. The van der Waals surface area contributed by atoms with E-state index in [0.717, 1.165) is 25.7 Å². The fourth-order valence-corrected chi connectivity index (χ4v) is 2.10. The number of nitrogens with zero attached hydrogens (tertiary/aromatic N) is 3. The standard InChI is InChI=1S/C11H14N4O/c1-15-8-13-6-9(15)10(16)14-11(7-12)4-2-3-5-11/h6,8H,2-5H2,1H3,(H,14,16). The third kappa shape index (κ3) is 1.78. The minimum absolute atomic E-state index is 0.219. The molecule has 5 nitrogen and oxygen atoms in total. The lowest BCUT2D eigenvalue weighted by atomic mass is 10.00. The number of hydrogen-bond donors (Lipinski definition) is 1. The van der Waals surface area contributed by atoms with Crippen LogP contribution in [0.4, 0.5) is 0 Å². The van der Waals surface area contributed by atoms with Gasteiger partial charge in [0.2, 0.25) is 0 Å². The number of nitriles is 1. The van der Waals surface area contributed by atoms with Gasteiger partial charge in [0.25, 0.3) is 5.91 Å². The number of nitrogens with one attached hydrogen (secondary N) is 1. The van der Waals surface area contributed by atoms with Gasteiger partial charge >= 0.3 is 0 Å². The molecule has 1 aliphatic rings. The van der Waals surface area contributed by atoms with Crippen molar-refractivity contribution in [1.82, 2.24) is 14.9 Å². The Morgan fingerprint density at radius 3 is 2.81 bits per heavy atom. The molecule has 1 heterocycles. The van der Waals surface area contributed by atoms with E-state index in [-0.39, 0.29) is 5.91 Å². The molecule has 1 aliphatic carbocycles. The van der Waals surface area contributed by atoms with Crippen LogP contribution >= 0.6 is 0 Å². The number of carbonyl (C=O) groups excluding carboxylic acids is 1. The lowest BCUT2D eigenvalue weighted by Gasteiger charge is -2.21. The van der Waals surface area contributed by atoms with Crippen molar-refractivity contribution in [1.29, 1.82) is 5.26 Å². The van der Waals surface area contributed by atoms with E-state index < -0.39 is 5.54 Å². The SMILES string of the molecule is Cn1cncc1C(=O)NC1(C#N)CCCC1. The van der Waals surface area contributed by atoms with Gasteiger partial charge in [-0.1, -0.05) is 0 Å². The van der Waals surface area contributed by atoms with Gasteiger partial charge in [-0.3, -0.25) is 4.79 Å². The first-order chi connectivity index (χ1) is 7.67. The maximum absolute atomic E-state index is 11.9. The van der Waals surface area contributed by atoms with Crippen molar-refractivity contribution in [2.24, 2.45) is 7.05 Å². The highest BCUT2D eigenvalue weighted by molar-refractivity contribution is 5.93. The van der Waals surface area contributed by atoms with Crippen LogP contribution in [0.1, 0.15) is 36.2 Å². The third-order valence-electron chi connectivity index (χ3n) is 3.07. The average molecular weight is 218 g/mol. The summed E-state index contributed by atoms with van der Waals surface area (Å²) in [5.41, 5.74) is -0.178. The summed E-state index contributed by atoms with van der Waals surface area (Å²) in [5, 5.41) is 12.0. The van der Waals surface area contributed by atoms with Crippen LogP contribution in [0.25, 0.3) is 0 Å². The minimum Gasteiger partial charge on any atom is -0.332 e. The monoisotopic (exact) mass is 218 g/mol. The normalized spacial score (nSPS) is 18.0. The van der Waals surface area contributed by atoms with Gasteiger partial charge < -0.3 is 9.88 Å².